The Morgan fingerprint density at radius 1 is 0.889 bits per heavy atom. The van der Waals surface area contributed by atoms with Crippen LogP contribution in [0.4, 0.5) is 4.39 Å². The molecule has 1 aromatic carbocycles. The van der Waals surface area contributed by atoms with Crippen LogP contribution < -0.4 is 0 Å². The molecule has 4 heterocycles. The van der Waals surface area contributed by atoms with Crippen molar-refractivity contribution in [1.82, 2.24) is 19.9 Å². The van der Waals surface area contributed by atoms with Crippen LogP contribution in [0.2, 0.25) is 0 Å². The first-order chi connectivity index (χ1) is 13.2. The molecule has 0 bridgehead atoms. The first-order valence-electron chi connectivity index (χ1n) is 8.63. The summed E-state index contributed by atoms with van der Waals surface area (Å²) in [6.07, 6.45) is 8.82. The van der Waals surface area contributed by atoms with Crippen molar-refractivity contribution < 1.29 is 4.39 Å². The quantitative estimate of drug-likeness (QED) is 0.469. The van der Waals surface area contributed by atoms with Crippen molar-refractivity contribution >= 4 is 21.9 Å². The molecule has 0 atom stereocenters. The van der Waals surface area contributed by atoms with Gasteiger partial charge in [-0.1, -0.05) is 6.07 Å². The summed E-state index contributed by atoms with van der Waals surface area (Å²) < 4.78 is 14.9. The van der Waals surface area contributed by atoms with Crippen LogP contribution in [0.1, 0.15) is 5.56 Å². The van der Waals surface area contributed by atoms with Crippen molar-refractivity contribution in [3.8, 4) is 22.3 Å². The Hall–Kier alpha value is -3.60. The Morgan fingerprint density at radius 2 is 1.81 bits per heavy atom. The fourth-order valence-corrected chi connectivity index (χ4v) is 3.49. The van der Waals surface area contributed by atoms with Crippen molar-refractivity contribution in [2.45, 2.75) is 6.92 Å². The number of nitrogens with zero attached hydrogens (tertiary/aromatic N) is 3. The van der Waals surface area contributed by atoms with E-state index in [9.17, 15) is 4.39 Å². The molecule has 4 aromatic heterocycles. The molecule has 1 N–H and O–H groups in total. The van der Waals surface area contributed by atoms with Crippen molar-refractivity contribution in [2.24, 2.45) is 0 Å². The lowest BCUT2D eigenvalue weighted by molar-refractivity contribution is 0.637. The lowest BCUT2D eigenvalue weighted by Gasteiger charge is -2.09. The smallest absolute Gasteiger partial charge is 0.150 e. The van der Waals surface area contributed by atoms with Gasteiger partial charge in [0.2, 0.25) is 0 Å². The van der Waals surface area contributed by atoms with E-state index in [1.54, 1.807) is 18.6 Å². The summed E-state index contributed by atoms with van der Waals surface area (Å²) in [6, 6.07) is 11.3. The molecule has 0 aliphatic heterocycles. The lowest BCUT2D eigenvalue weighted by Crippen LogP contribution is -1.90. The third kappa shape index (κ3) is 2.56. The minimum absolute atomic E-state index is 0.344. The largest absolute Gasteiger partial charge is 0.346 e. The van der Waals surface area contributed by atoms with Crippen LogP contribution >= 0.6 is 0 Å². The second-order valence-corrected chi connectivity index (χ2v) is 6.57. The summed E-state index contributed by atoms with van der Waals surface area (Å²) in [5, 5.41) is 1.73. The van der Waals surface area contributed by atoms with Gasteiger partial charge in [0, 0.05) is 52.9 Å². The average molecular weight is 354 g/mol. The summed E-state index contributed by atoms with van der Waals surface area (Å²) in [7, 11) is 0. The number of rotatable bonds is 2. The third-order valence-electron chi connectivity index (χ3n) is 4.75. The van der Waals surface area contributed by atoms with Gasteiger partial charge in [0.15, 0.2) is 0 Å². The summed E-state index contributed by atoms with van der Waals surface area (Å²) in [5.74, 6) is -0.344. The minimum atomic E-state index is -0.344. The molecule has 4 nitrogen and oxygen atoms in total. The van der Waals surface area contributed by atoms with Gasteiger partial charge in [0.05, 0.1) is 0 Å². The van der Waals surface area contributed by atoms with Crippen LogP contribution in [-0.2, 0) is 0 Å². The molecule has 0 aliphatic carbocycles. The molecule has 0 saturated carbocycles. The number of aromatic amines is 1. The van der Waals surface area contributed by atoms with Crippen LogP contribution in [0.3, 0.4) is 0 Å². The van der Waals surface area contributed by atoms with Crippen LogP contribution in [-0.4, -0.2) is 19.9 Å². The minimum Gasteiger partial charge on any atom is -0.346 e. The van der Waals surface area contributed by atoms with Gasteiger partial charge in [-0.25, -0.2) is 9.37 Å². The molecule has 0 fully saturated rings. The Labute approximate surface area is 154 Å². The Morgan fingerprint density at radius 3 is 2.67 bits per heavy atom. The molecule has 0 spiro atoms. The fraction of sp³-hybridized carbons (Fsp3) is 0.0455. The van der Waals surface area contributed by atoms with E-state index in [-0.39, 0.29) is 5.82 Å². The highest BCUT2D eigenvalue weighted by atomic mass is 19.1. The van der Waals surface area contributed by atoms with Gasteiger partial charge in [-0.2, -0.15) is 0 Å². The molecule has 130 valence electrons. The van der Waals surface area contributed by atoms with E-state index in [2.05, 4.69) is 26.0 Å². The van der Waals surface area contributed by atoms with Crippen molar-refractivity contribution in [3.05, 3.63) is 78.8 Å². The van der Waals surface area contributed by atoms with Gasteiger partial charge in [0.1, 0.15) is 17.0 Å². The van der Waals surface area contributed by atoms with Crippen molar-refractivity contribution in [3.63, 3.8) is 0 Å². The van der Waals surface area contributed by atoms with Gasteiger partial charge < -0.3 is 4.98 Å². The molecule has 0 radical (unpaired) electrons. The van der Waals surface area contributed by atoms with Crippen LogP contribution in [0, 0.1) is 12.7 Å². The number of benzene rings is 1. The van der Waals surface area contributed by atoms with E-state index in [1.807, 2.05) is 43.6 Å². The predicted molar refractivity (Wildman–Crippen MR) is 105 cm³/mol. The first-order valence-corrected chi connectivity index (χ1v) is 8.63. The Kier molecular flexibility index (Phi) is 3.47. The number of nitrogens with one attached hydrogen (secondary N) is 1. The summed E-state index contributed by atoms with van der Waals surface area (Å²) in [5.41, 5.74) is 5.74. The molecule has 0 aliphatic rings. The molecular weight excluding hydrogens is 339 g/mol. The Bertz CT molecular complexity index is 1290. The number of fused-ring (bicyclic) bond motifs is 2. The van der Waals surface area contributed by atoms with Gasteiger partial charge in [-0.05, 0) is 53.9 Å². The maximum absolute atomic E-state index is 14.9. The number of aryl methyl sites for hydroxylation is 1. The van der Waals surface area contributed by atoms with E-state index in [1.165, 1.54) is 6.07 Å². The van der Waals surface area contributed by atoms with E-state index in [0.29, 0.717) is 5.52 Å². The Balaban J connectivity index is 1.80. The molecule has 0 saturated heterocycles. The van der Waals surface area contributed by atoms with Crippen molar-refractivity contribution in [1.29, 1.82) is 0 Å². The molecule has 0 amide bonds. The topological polar surface area (TPSA) is 54.5 Å². The summed E-state index contributed by atoms with van der Waals surface area (Å²) in [4.78, 5) is 16.0. The molecule has 5 rings (SSSR count). The second-order valence-electron chi connectivity index (χ2n) is 6.57. The number of H-pyrrole nitrogens is 1. The molecule has 5 heteroatoms. The highest BCUT2D eigenvalue weighted by molar-refractivity contribution is 6.00. The monoisotopic (exact) mass is 354 g/mol. The van der Waals surface area contributed by atoms with Crippen molar-refractivity contribution in [2.75, 3.05) is 0 Å². The summed E-state index contributed by atoms with van der Waals surface area (Å²) >= 11 is 0. The normalized spacial score (nSPS) is 11.3. The molecular formula is C22H15FN4. The van der Waals surface area contributed by atoms with Gasteiger partial charge in [-0.15, -0.1) is 0 Å². The van der Waals surface area contributed by atoms with E-state index in [0.717, 1.165) is 44.2 Å². The second kappa shape index (κ2) is 5.99. The number of hydrogen-bond donors (Lipinski definition) is 1. The predicted octanol–water partition coefficient (Wildman–Crippen LogP) is 5.29. The van der Waals surface area contributed by atoms with Gasteiger partial charge in [0.25, 0.3) is 0 Å². The van der Waals surface area contributed by atoms with Crippen LogP contribution in [0.15, 0.2) is 67.4 Å². The number of halogens is 1. The maximum Gasteiger partial charge on any atom is 0.150 e. The van der Waals surface area contributed by atoms with Crippen LogP contribution in [0.5, 0.6) is 0 Å². The average Bonchev–Trinajstić information content (AvgIpc) is 3.11. The van der Waals surface area contributed by atoms with E-state index in [4.69, 9.17) is 0 Å². The third-order valence-corrected chi connectivity index (χ3v) is 4.75. The van der Waals surface area contributed by atoms with Gasteiger partial charge >= 0.3 is 0 Å². The lowest BCUT2D eigenvalue weighted by atomic mass is 9.97. The molecule has 27 heavy (non-hydrogen) atoms. The standard InChI is InChI=1S/C22H15FN4/c1-13-7-18-19(12-27-22(18)26-10-13)15-8-17-16(14-3-2-5-24-11-14)4-6-25-21(17)20(23)9-15/h2-12H,1H3,(H,26,27). The SMILES string of the molecule is Cc1cnc2[nH]cc(-c3cc(F)c4nccc(-c5cccnc5)c4c3)c2c1. The number of aromatic nitrogens is 4. The zero-order valence-electron chi connectivity index (χ0n) is 14.6. The molecule has 0 unspecified atom stereocenters. The fourth-order valence-electron chi connectivity index (χ4n) is 3.49. The zero-order chi connectivity index (χ0) is 18.4. The number of pyridine rings is 3. The maximum atomic E-state index is 14.9. The van der Waals surface area contributed by atoms with E-state index < -0.39 is 0 Å². The van der Waals surface area contributed by atoms with Gasteiger partial charge in [-0.3, -0.25) is 9.97 Å². The first kappa shape index (κ1) is 15.6. The van der Waals surface area contributed by atoms with Crippen LogP contribution in [0.25, 0.3) is 44.2 Å². The highest BCUT2D eigenvalue weighted by Gasteiger charge is 2.14. The summed E-state index contributed by atoms with van der Waals surface area (Å²) in [6.45, 7) is 1.99. The zero-order valence-corrected chi connectivity index (χ0v) is 14.6. The highest BCUT2D eigenvalue weighted by Crippen LogP contribution is 2.35. The molecule has 5 aromatic rings. The number of hydrogen-bond acceptors (Lipinski definition) is 3. The van der Waals surface area contributed by atoms with E-state index >= 15 is 0 Å².